The zero-order valence-corrected chi connectivity index (χ0v) is 13.4. The molecule has 3 nitrogen and oxygen atoms in total. The number of nitrogens with one attached hydrogen (secondary N) is 2. The van der Waals surface area contributed by atoms with Crippen LogP contribution in [-0.4, -0.2) is 17.9 Å². The van der Waals surface area contributed by atoms with Crippen molar-refractivity contribution < 1.29 is 0 Å². The van der Waals surface area contributed by atoms with Crippen molar-refractivity contribution in [3.8, 4) is 0 Å². The lowest BCUT2D eigenvalue weighted by Crippen LogP contribution is -2.31. The second-order valence-corrected chi connectivity index (χ2v) is 5.71. The SMILES string of the molecule is CCNC(=S)N/N=C/c1ccccc1Sc1ccccc1. The molecule has 2 N–H and O–H groups in total. The van der Waals surface area contributed by atoms with Crippen LogP contribution in [0.25, 0.3) is 0 Å². The van der Waals surface area contributed by atoms with Crippen LogP contribution in [0.2, 0.25) is 0 Å². The first-order chi connectivity index (χ1) is 10.3. The number of hydrogen-bond donors (Lipinski definition) is 2. The van der Waals surface area contributed by atoms with Gasteiger partial charge in [0.15, 0.2) is 5.11 Å². The van der Waals surface area contributed by atoms with Crippen molar-refractivity contribution in [1.82, 2.24) is 10.7 Å². The maximum atomic E-state index is 5.07. The average molecular weight is 315 g/mol. The van der Waals surface area contributed by atoms with Gasteiger partial charge in [0.25, 0.3) is 0 Å². The lowest BCUT2D eigenvalue weighted by Gasteiger charge is -2.06. The maximum Gasteiger partial charge on any atom is 0.186 e. The van der Waals surface area contributed by atoms with Crippen molar-refractivity contribution in [2.24, 2.45) is 5.10 Å². The molecule has 0 atom stereocenters. The van der Waals surface area contributed by atoms with Gasteiger partial charge in [-0.15, -0.1) is 0 Å². The van der Waals surface area contributed by atoms with Crippen LogP contribution in [-0.2, 0) is 0 Å². The first-order valence-corrected chi connectivity index (χ1v) is 7.91. The summed E-state index contributed by atoms with van der Waals surface area (Å²) >= 11 is 6.78. The molecule has 0 fully saturated rings. The van der Waals surface area contributed by atoms with Crippen molar-refractivity contribution in [2.75, 3.05) is 6.54 Å². The highest BCUT2D eigenvalue weighted by molar-refractivity contribution is 7.99. The predicted octanol–water partition coefficient (Wildman–Crippen LogP) is 3.66. The molecular formula is C16H17N3S2. The summed E-state index contributed by atoms with van der Waals surface area (Å²) in [6, 6.07) is 18.4. The van der Waals surface area contributed by atoms with Gasteiger partial charge in [-0.25, -0.2) is 0 Å². The first-order valence-electron chi connectivity index (χ1n) is 6.68. The van der Waals surface area contributed by atoms with E-state index in [4.69, 9.17) is 12.2 Å². The number of hydrogen-bond acceptors (Lipinski definition) is 3. The Morgan fingerprint density at radius 2 is 1.86 bits per heavy atom. The van der Waals surface area contributed by atoms with Gasteiger partial charge < -0.3 is 5.32 Å². The van der Waals surface area contributed by atoms with E-state index in [9.17, 15) is 0 Å². The summed E-state index contributed by atoms with van der Waals surface area (Å²) in [5.41, 5.74) is 3.86. The molecule has 2 rings (SSSR count). The summed E-state index contributed by atoms with van der Waals surface area (Å²) in [6.45, 7) is 2.77. The van der Waals surface area contributed by atoms with E-state index < -0.39 is 0 Å². The molecule has 0 saturated heterocycles. The Kier molecular flexibility index (Phi) is 6.24. The molecule has 0 radical (unpaired) electrons. The van der Waals surface area contributed by atoms with Crippen molar-refractivity contribution in [3.05, 3.63) is 60.2 Å². The third kappa shape index (κ3) is 5.21. The fourth-order valence-electron chi connectivity index (χ4n) is 1.66. The Balaban J connectivity index is 2.06. The molecule has 21 heavy (non-hydrogen) atoms. The standard InChI is InChI=1S/C16H17N3S2/c1-2-17-16(20)19-18-12-13-8-6-7-11-15(13)21-14-9-4-3-5-10-14/h3-12H,2H2,1H3,(H2,17,19,20)/b18-12+. The molecule has 0 bridgehead atoms. The second kappa shape index (κ2) is 8.44. The summed E-state index contributed by atoms with van der Waals surface area (Å²) in [5, 5.41) is 7.69. The average Bonchev–Trinajstić information content (AvgIpc) is 2.50. The van der Waals surface area contributed by atoms with Crippen molar-refractivity contribution in [3.63, 3.8) is 0 Å². The van der Waals surface area contributed by atoms with Crippen LogP contribution in [0.5, 0.6) is 0 Å². The van der Waals surface area contributed by atoms with Gasteiger partial charge in [-0.05, 0) is 37.3 Å². The van der Waals surface area contributed by atoms with Gasteiger partial charge in [0, 0.05) is 21.9 Å². The molecule has 0 saturated carbocycles. The monoisotopic (exact) mass is 315 g/mol. The van der Waals surface area contributed by atoms with Gasteiger partial charge in [0.05, 0.1) is 6.21 Å². The molecule has 5 heteroatoms. The summed E-state index contributed by atoms with van der Waals surface area (Å²) in [7, 11) is 0. The molecule has 0 aromatic heterocycles. The molecule has 0 heterocycles. The predicted molar refractivity (Wildman–Crippen MR) is 94.0 cm³/mol. The largest absolute Gasteiger partial charge is 0.362 e. The second-order valence-electron chi connectivity index (χ2n) is 4.18. The van der Waals surface area contributed by atoms with E-state index in [0.717, 1.165) is 17.0 Å². The quantitative estimate of drug-likeness (QED) is 0.501. The number of thiocarbonyl (C=S) groups is 1. The summed E-state index contributed by atoms with van der Waals surface area (Å²) in [5.74, 6) is 0. The van der Waals surface area contributed by atoms with E-state index in [2.05, 4.69) is 34.0 Å². The van der Waals surface area contributed by atoms with Crippen LogP contribution in [0.4, 0.5) is 0 Å². The third-order valence-corrected chi connectivity index (χ3v) is 3.93. The van der Waals surface area contributed by atoms with Crippen LogP contribution in [0.3, 0.4) is 0 Å². The highest BCUT2D eigenvalue weighted by Crippen LogP contribution is 2.29. The number of benzene rings is 2. The molecule has 2 aromatic carbocycles. The zero-order valence-electron chi connectivity index (χ0n) is 11.7. The minimum Gasteiger partial charge on any atom is -0.362 e. The van der Waals surface area contributed by atoms with Gasteiger partial charge in [0.2, 0.25) is 0 Å². The van der Waals surface area contributed by atoms with E-state index in [1.165, 1.54) is 4.90 Å². The Bertz CT molecular complexity index is 612. The van der Waals surface area contributed by atoms with Crippen LogP contribution in [0, 0.1) is 0 Å². The molecule has 0 aliphatic carbocycles. The van der Waals surface area contributed by atoms with Gasteiger partial charge >= 0.3 is 0 Å². The Morgan fingerprint density at radius 3 is 2.62 bits per heavy atom. The molecule has 2 aromatic rings. The normalized spacial score (nSPS) is 10.5. The smallest absolute Gasteiger partial charge is 0.186 e. The highest BCUT2D eigenvalue weighted by Gasteiger charge is 2.01. The lowest BCUT2D eigenvalue weighted by atomic mass is 10.2. The Labute approximate surface area is 134 Å². The Hall–Kier alpha value is -1.85. The third-order valence-electron chi connectivity index (χ3n) is 2.60. The van der Waals surface area contributed by atoms with E-state index in [-0.39, 0.29) is 0 Å². The first kappa shape index (κ1) is 15.5. The topological polar surface area (TPSA) is 36.4 Å². The maximum absolute atomic E-state index is 5.07. The van der Waals surface area contributed by atoms with E-state index in [1.54, 1.807) is 18.0 Å². The van der Waals surface area contributed by atoms with Crippen molar-refractivity contribution >= 4 is 35.3 Å². The number of rotatable bonds is 5. The van der Waals surface area contributed by atoms with Crippen LogP contribution < -0.4 is 10.7 Å². The van der Waals surface area contributed by atoms with Crippen LogP contribution in [0.15, 0.2) is 69.5 Å². The number of nitrogens with zero attached hydrogens (tertiary/aromatic N) is 1. The van der Waals surface area contributed by atoms with Crippen LogP contribution >= 0.6 is 24.0 Å². The molecule has 0 spiro atoms. The van der Waals surface area contributed by atoms with Gasteiger partial charge in [0.1, 0.15) is 0 Å². The summed E-state index contributed by atoms with van der Waals surface area (Å²) in [6.07, 6.45) is 1.79. The lowest BCUT2D eigenvalue weighted by molar-refractivity contribution is 0.904. The van der Waals surface area contributed by atoms with Crippen molar-refractivity contribution in [2.45, 2.75) is 16.7 Å². The van der Waals surface area contributed by atoms with Gasteiger partial charge in [-0.2, -0.15) is 5.10 Å². The molecule has 0 aliphatic rings. The minimum absolute atomic E-state index is 0.530. The fraction of sp³-hybridized carbons (Fsp3) is 0.125. The van der Waals surface area contributed by atoms with Crippen LogP contribution in [0.1, 0.15) is 12.5 Å². The summed E-state index contributed by atoms with van der Waals surface area (Å²) < 4.78 is 0. The molecule has 108 valence electrons. The number of hydrazone groups is 1. The zero-order chi connectivity index (χ0) is 14.9. The fourth-order valence-corrected chi connectivity index (χ4v) is 2.79. The minimum atomic E-state index is 0.530. The van der Waals surface area contributed by atoms with E-state index >= 15 is 0 Å². The van der Waals surface area contributed by atoms with Gasteiger partial charge in [-0.3, -0.25) is 5.43 Å². The molecule has 0 unspecified atom stereocenters. The molecular weight excluding hydrogens is 298 g/mol. The highest BCUT2D eigenvalue weighted by atomic mass is 32.2. The van der Waals surface area contributed by atoms with Gasteiger partial charge in [-0.1, -0.05) is 48.2 Å². The molecule has 0 amide bonds. The summed E-state index contributed by atoms with van der Waals surface area (Å²) in [4.78, 5) is 2.36. The van der Waals surface area contributed by atoms with E-state index in [0.29, 0.717) is 5.11 Å². The van der Waals surface area contributed by atoms with E-state index in [1.807, 2.05) is 43.3 Å². The Morgan fingerprint density at radius 1 is 1.14 bits per heavy atom. The molecule has 0 aliphatic heterocycles. The van der Waals surface area contributed by atoms with Crippen molar-refractivity contribution in [1.29, 1.82) is 0 Å².